The summed E-state index contributed by atoms with van der Waals surface area (Å²) >= 11 is 0. The minimum atomic E-state index is -0.272. The topological polar surface area (TPSA) is 56.3 Å². The van der Waals surface area contributed by atoms with Crippen LogP contribution in [0.4, 0.5) is 4.39 Å². The minimum Gasteiger partial charge on any atom is -0.462 e. The lowest BCUT2D eigenvalue weighted by molar-refractivity contribution is -0.145. The Morgan fingerprint density at radius 1 is 1.06 bits per heavy atom. The Morgan fingerprint density at radius 3 is 2.66 bits per heavy atom. The Labute approximate surface area is 187 Å². The average molecular weight is 434 g/mol. The molecule has 2 unspecified atom stereocenters. The SMILES string of the molecule is CC1CCC(=O)[C@H]2C[C@H]3C(=O)O[C@H](C)[C@H]3[C@@H](/C=C/c3ccc(-c4cccc(F)c4)cn3)C12. The van der Waals surface area contributed by atoms with E-state index in [1.807, 2.05) is 31.2 Å². The number of nitrogens with zero attached hydrogens (tertiary/aromatic N) is 1. The van der Waals surface area contributed by atoms with Crippen LogP contribution in [0.1, 0.15) is 38.8 Å². The molecule has 0 radical (unpaired) electrons. The molecule has 1 aliphatic heterocycles. The molecule has 166 valence electrons. The largest absolute Gasteiger partial charge is 0.462 e. The van der Waals surface area contributed by atoms with E-state index in [-0.39, 0.29) is 47.5 Å². The highest BCUT2D eigenvalue weighted by molar-refractivity contribution is 5.84. The third kappa shape index (κ3) is 3.68. The number of pyridine rings is 1. The van der Waals surface area contributed by atoms with Crippen molar-refractivity contribution in [2.24, 2.45) is 35.5 Å². The molecule has 1 aromatic carbocycles. The summed E-state index contributed by atoms with van der Waals surface area (Å²) in [6.07, 6.45) is 7.92. The van der Waals surface area contributed by atoms with Gasteiger partial charge in [0, 0.05) is 30.0 Å². The van der Waals surface area contributed by atoms with Crippen LogP contribution < -0.4 is 0 Å². The Kier molecular flexibility index (Phi) is 5.44. The van der Waals surface area contributed by atoms with Crippen LogP contribution in [0.2, 0.25) is 0 Å². The van der Waals surface area contributed by atoms with Crippen molar-refractivity contribution in [2.45, 2.75) is 39.2 Å². The summed E-state index contributed by atoms with van der Waals surface area (Å²) in [5.41, 5.74) is 2.45. The molecule has 2 aromatic rings. The summed E-state index contributed by atoms with van der Waals surface area (Å²) in [6, 6.07) is 10.3. The zero-order valence-electron chi connectivity index (χ0n) is 18.4. The molecule has 32 heavy (non-hydrogen) atoms. The molecule has 2 heterocycles. The lowest BCUT2D eigenvalue weighted by Gasteiger charge is -2.47. The molecule has 1 saturated heterocycles. The molecule has 0 N–H and O–H groups in total. The molecule has 3 fully saturated rings. The van der Waals surface area contributed by atoms with Gasteiger partial charge in [0.25, 0.3) is 0 Å². The van der Waals surface area contributed by atoms with Crippen LogP contribution in [0.25, 0.3) is 17.2 Å². The smallest absolute Gasteiger partial charge is 0.309 e. The van der Waals surface area contributed by atoms with E-state index in [9.17, 15) is 14.0 Å². The number of fused-ring (bicyclic) bond motifs is 2. The van der Waals surface area contributed by atoms with Crippen molar-refractivity contribution in [3.8, 4) is 11.1 Å². The molecule has 0 spiro atoms. The molecule has 5 heteroatoms. The second kappa shape index (κ2) is 8.27. The Morgan fingerprint density at radius 2 is 1.91 bits per heavy atom. The number of halogens is 1. The molecular formula is C27H28FNO3. The monoisotopic (exact) mass is 433 g/mol. The number of ketones is 1. The second-order valence-corrected chi connectivity index (χ2v) is 9.65. The van der Waals surface area contributed by atoms with Gasteiger partial charge in [-0.1, -0.05) is 31.2 Å². The molecular weight excluding hydrogens is 405 g/mol. The molecule has 5 rings (SSSR count). The van der Waals surface area contributed by atoms with E-state index in [4.69, 9.17) is 4.74 Å². The molecule has 4 nitrogen and oxygen atoms in total. The van der Waals surface area contributed by atoms with Gasteiger partial charge in [-0.05, 0) is 67.4 Å². The number of ether oxygens (including phenoxy) is 1. The first-order valence-electron chi connectivity index (χ1n) is 11.6. The molecule has 1 aromatic heterocycles. The van der Waals surface area contributed by atoms with E-state index in [1.54, 1.807) is 12.3 Å². The van der Waals surface area contributed by atoms with Gasteiger partial charge in [0.15, 0.2) is 0 Å². The summed E-state index contributed by atoms with van der Waals surface area (Å²) in [4.78, 5) is 29.8. The number of hydrogen-bond donors (Lipinski definition) is 0. The highest BCUT2D eigenvalue weighted by atomic mass is 19.1. The number of aromatic nitrogens is 1. The molecule has 0 amide bonds. The van der Waals surface area contributed by atoms with Crippen LogP contribution in [-0.2, 0) is 14.3 Å². The lowest BCUT2D eigenvalue weighted by Crippen LogP contribution is -2.48. The van der Waals surface area contributed by atoms with Gasteiger partial charge in [0.05, 0.1) is 11.6 Å². The predicted molar refractivity (Wildman–Crippen MR) is 120 cm³/mol. The van der Waals surface area contributed by atoms with Crippen LogP contribution >= 0.6 is 0 Å². The first-order chi connectivity index (χ1) is 15.4. The van der Waals surface area contributed by atoms with Crippen molar-refractivity contribution in [3.05, 3.63) is 60.2 Å². The molecule has 2 aliphatic carbocycles. The second-order valence-electron chi connectivity index (χ2n) is 9.65. The fourth-order valence-electron chi connectivity index (χ4n) is 6.30. The zero-order chi connectivity index (χ0) is 22.4. The van der Waals surface area contributed by atoms with E-state index in [0.717, 1.165) is 23.2 Å². The summed E-state index contributed by atoms with van der Waals surface area (Å²) in [5.74, 6) is 0.486. The predicted octanol–water partition coefficient (Wildman–Crippen LogP) is 5.33. The van der Waals surface area contributed by atoms with E-state index in [2.05, 4.69) is 18.0 Å². The summed E-state index contributed by atoms with van der Waals surface area (Å²) < 4.78 is 19.1. The first-order valence-corrected chi connectivity index (χ1v) is 11.6. The third-order valence-corrected chi connectivity index (χ3v) is 7.82. The van der Waals surface area contributed by atoms with Gasteiger partial charge in [0.1, 0.15) is 17.7 Å². The molecule has 2 saturated carbocycles. The maximum atomic E-state index is 13.5. The Bertz CT molecular complexity index is 1060. The van der Waals surface area contributed by atoms with Gasteiger partial charge in [-0.15, -0.1) is 0 Å². The van der Waals surface area contributed by atoms with Crippen LogP contribution in [0, 0.1) is 41.3 Å². The molecule has 0 bridgehead atoms. The quantitative estimate of drug-likeness (QED) is 0.614. The minimum absolute atomic E-state index is 0.0594. The van der Waals surface area contributed by atoms with Crippen LogP contribution in [0.5, 0.6) is 0 Å². The number of benzene rings is 1. The highest BCUT2D eigenvalue weighted by Gasteiger charge is 2.56. The highest BCUT2D eigenvalue weighted by Crippen LogP contribution is 2.54. The van der Waals surface area contributed by atoms with Gasteiger partial charge < -0.3 is 4.74 Å². The standard InChI is InChI=1S/C27H28FNO3/c1-15-6-11-24(30)22-13-23-26(16(2)32-27(23)31)21(25(15)22)10-9-20-8-7-18(14-29-20)17-4-3-5-19(28)12-17/h3-5,7-10,12,14-16,21-23,25-26H,6,11,13H2,1-2H3/b10-9+/t15?,16-,21+,22-,23-,25?,26+/m1/s1. The van der Waals surface area contributed by atoms with E-state index >= 15 is 0 Å². The van der Waals surface area contributed by atoms with Crippen LogP contribution in [0.3, 0.4) is 0 Å². The Hall–Kier alpha value is -2.82. The van der Waals surface area contributed by atoms with Crippen LogP contribution in [-0.4, -0.2) is 22.8 Å². The first kappa shape index (κ1) is 21.0. The Balaban J connectivity index is 1.43. The summed E-state index contributed by atoms with van der Waals surface area (Å²) in [5, 5.41) is 0. The third-order valence-electron chi connectivity index (χ3n) is 7.82. The number of rotatable bonds is 3. The van der Waals surface area contributed by atoms with Crippen molar-refractivity contribution in [1.29, 1.82) is 0 Å². The van der Waals surface area contributed by atoms with Crippen molar-refractivity contribution in [3.63, 3.8) is 0 Å². The number of allylic oxidation sites excluding steroid dienone is 1. The fourth-order valence-corrected chi connectivity index (χ4v) is 6.30. The van der Waals surface area contributed by atoms with Gasteiger partial charge in [0.2, 0.25) is 0 Å². The number of carbonyl (C=O) groups is 2. The number of esters is 1. The van der Waals surface area contributed by atoms with E-state index in [1.165, 1.54) is 12.1 Å². The fraction of sp³-hybridized carbons (Fsp3) is 0.444. The number of Topliss-reactive ketones (excluding diaryl/α,β-unsaturated/α-hetero) is 1. The summed E-state index contributed by atoms with van der Waals surface area (Å²) in [6.45, 7) is 4.21. The van der Waals surface area contributed by atoms with Crippen molar-refractivity contribution in [1.82, 2.24) is 4.98 Å². The van der Waals surface area contributed by atoms with Crippen molar-refractivity contribution in [2.75, 3.05) is 0 Å². The van der Waals surface area contributed by atoms with Gasteiger partial charge in [-0.2, -0.15) is 0 Å². The van der Waals surface area contributed by atoms with Gasteiger partial charge in [-0.25, -0.2) is 4.39 Å². The van der Waals surface area contributed by atoms with Crippen molar-refractivity contribution >= 4 is 17.8 Å². The lowest BCUT2D eigenvalue weighted by atomic mass is 9.54. The normalized spacial score (nSPS) is 34.3. The molecule has 3 aliphatic rings. The van der Waals surface area contributed by atoms with Gasteiger partial charge in [-0.3, -0.25) is 14.6 Å². The van der Waals surface area contributed by atoms with E-state index < -0.39 is 0 Å². The average Bonchev–Trinajstić information content (AvgIpc) is 3.08. The number of carbonyl (C=O) groups excluding carboxylic acids is 2. The van der Waals surface area contributed by atoms with Crippen LogP contribution in [0.15, 0.2) is 48.7 Å². The maximum absolute atomic E-state index is 13.5. The zero-order valence-corrected chi connectivity index (χ0v) is 18.4. The number of hydrogen-bond acceptors (Lipinski definition) is 4. The summed E-state index contributed by atoms with van der Waals surface area (Å²) in [7, 11) is 0. The number of cyclic esters (lactones) is 1. The molecule has 7 atom stereocenters. The van der Waals surface area contributed by atoms with E-state index in [0.29, 0.717) is 24.5 Å². The van der Waals surface area contributed by atoms with Crippen molar-refractivity contribution < 1.29 is 18.7 Å². The van der Waals surface area contributed by atoms with Gasteiger partial charge >= 0.3 is 5.97 Å². The maximum Gasteiger partial charge on any atom is 0.309 e.